The van der Waals surface area contributed by atoms with Crippen LogP contribution < -0.4 is 5.32 Å². The van der Waals surface area contributed by atoms with Crippen molar-refractivity contribution in [3.63, 3.8) is 0 Å². The first-order chi connectivity index (χ1) is 7.84. The average Bonchev–Trinajstić information content (AvgIpc) is 2.30. The van der Waals surface area contributed by atoms with Crippen molar-refractivity contribution in [3.8, 4) is 0 Å². The lowest BCUT2D eigenvalue weighted by molar-refractivity contribution is 0.345. The topological polar surface area (TPSA) is 12.0 Å². The van der Waals surface area contributed by atoms with Crippen LogP contribution in [0.25, 0.3) is 0 Å². The molecule has 1 N–H and O–H groups in total. The zero-order valence-electron chi connectivity index (χ0n) is 9.71. The van der Waals surface area contributed by atoms with Gasteiger partial charge in [0.25, 0.3) is 0 Å². The van der Waals surface area contributed by atoms with E-state index in [-0.39, 0.29) is 5.82 Å². The Bertz CT molecular complexity index is 318. The highest BCUT2D eigenvalue weighted by Gasteiger charge is 2.12. The number of halogens is 1. The quantitative estimate of drug-likeness (QED) is 0.803. The van der Waals surface area contributed by atoms with Gasteiger partial charge in [0.1, 0.15) is 5.82 Å². The molecule has 0 bridgehead atoms. The van der Waals surface area contributed by atoms with Crippen LogP contribution in [0.1, 0.15) is 38.5 Å². The zero-order chi connectivity index (χ0) is 11.2. The van der Waals surface area contributed by atoms with Crippen LogP contribution >= 0.6 is 0 Å². The van der Waals surface area contributed by atoms with Gasteiger partial charge in [-0.05, 0) is 30.5 Å². The van der Waals surface area contributed by atoms with Crippen molar-refractivity contribution >= 4 is 5.69 Å². The molecule has 0 atom stereocenters. The van der Waals surface area contributed by atoms with E-state index in [1.54, 1.807) is 12.1 Å². The molecule has 16 heavy (non-hydrogen) atoms. The number of nitrogens with one attached hydrogen (secondary N) is 1. The Morgan fingerprint density at radius 2 is 2.00 bits per heavy atom. The van der Waals surface area contributed by atoms with Crippen molar-refractivity contribution in [2.24, 2.45) is 5.92 Å². The van der Waals surface area contributed by atoms with Gasteiger partial charge in [-0.1, -0.05) is 38.2 Å². The third kappa shape index (κ3) is 3.51. The lowest BCUT2D eigenvalue weighted by Crippen LogP contribution is -2.12. The van der Waals surface area contributed by atoms with E-state index >= 15 is 0 Å². The third-order valence-electron chi connectivity index (χ3n) is 3.43. The van der Waals surface area contributed by atoms with Gasteiger partial charge in [-0.25, -0.2) is 4.39 Å². The van der Waals surface area contributed by atoms with Gasteiger partial charge in [0.05, 0.1) is 0 Å². The van der Waals surface area contributed by atoms with Gasteiger partial charge in [-0.15, -0.1) is 0 Å². The Morgan fingerprint density at radius 3 is 2.75 bits per heavy atom. The van der Waals surface area contributed by atoms with Gasteiger partial charge in [0.15, 0.2) is 0 Å². The summed E-state index contributed by atoms with van der Waals surface area (Å²) >= 11 is 0. The first-order valence-electron chi connectivity index (χ1n) is 6.34. The molecule has 0 amide bonds. The Kier molecular flexibility index (Phi) is 4.20. The summed E-state index contributed by atoms with van der Waals surface area (Å²) in [6, 6.07) is 6.70. The maximum atomic E-state index is 12.9. The van der Waals surface area contributed by atoms with Crippen molar-refractivity contribution in [3.05, 3.63) is 30.1 Å². The van der Waals surface area contributed by atoms with Gasteiger partial charge in [-0.2, -0.15) is 0 Å². The maximum absolute atomic E-state index is 12.9. The molecule has 0 aliphatic heterocycles. The monoisotopic (exact) mass is 221 g/mol. The maximum Gasteiger partial charge on any atom is 0.125 e. The van der Waals surface area contributed by atoms with E-state index in [2.05, 4.69) is 5.32 Å². The molecule has 1 nitrogen and oxygen atoms in total. The van der Waals surface area contributed by atoms with E-state index in [0.717, 1.165) is 18.2 Å². The van der Waals surface area contributed by atoms with Crippen LogP contribution in [0.2, 0.25) is 0 Å². The lowest BCUT2D eigenvalue weighted by Gasteiger charge is -2.21. The highest BCUT2D eigenvalue weighted by atomic mass is 19.1. The fourth-order valence-electron chi connectivity index (χ4n) is 2.49. The highest BCUT2D eigenvalue weighted by Crippen LogP contribution is 2.26. The summed E-state index contributed by atoms with van der Waals surface area (Å²) in [7, 11) is 0. The van der Waals surface area contributed by atoms with Crippen molar-refractivity contribution < 1.29 is 4.39 Å². The van der Waals surface area contributed by atoms with Crippen molar-refractivity contribution in [2.75, 3.05) is 11.9 Å². The highest BCUT2D eigenvalue weighted by molar-refractivity contribution is 5.42. The Labute approximate surface area is 97.1 Å². The summed E-state index contributed by atoms with van der Waals surface area (Å²) in [5.74, 6) is 0.720. The summed E-state index contributed by atoms with van der Waals surface area (Å²) < 4.78 is 12.9. The van der Waals surface area contributed by atoms with Crippen molar-refractivity contribution in [2.45, 2.75) is 38.5 Å². The van der Waals surface area contributed by atoms with Gasteiger partial charge < -0.3 is 5.32 Å². The van der Waals surface area contributed by atoms with E-state index in [0.29, 0.717) is 0 Å². The number of rotatable bonds is 4. The molecular weight excluding hydrogens is 201 g/mol. The summed E-state index contributed by atoms with van der Waals surface area (Å²) in [4.78, 5) is 0. The Balaban J connectivity index is 1.71. The van der Waals surface area contributed by atoms with E-state index in [1.165, 1.54) is 44.6 Å². The van der Waals surface area contributed by atoms with Gasteiger partial charge in [0.2, 0.25) is 0 Å². The van der Waals surface area contributed by atoms with E-state index in [1.807, 2.05) is 6.07 Å². The van der Waals surface area contributed by atoms with Crippen LogP contribution in [-0.2, 0) is 0 Å². The first kappa shape index (κ1) is 11.4. The molecule has 1 saturated carbocycles. The van der Waals surface area contributed by atoms with Crippen LogP contribution in [0.5, 0.6) is 0 Å². The molecule has 0 aromatic heterocycles. The zero-order valence-corrected chi connectivity index (χ0v) is 9.71. The van der Waals surface area contributed by atoms with Crippen molar-refractivity contribution in [1.29, 1.82) is 0 Å². The Hall–Kier alpha value is -1.05. The molecule has 1 aromatic carbocycles. The summed E-state index contributed by atoms with van der Waals surface area (Å²) in [6.45, 7) is 0.966. The second-order valence-corrected chi connectivity index (χ2v) is 4.73. The van der Waals surface area contributed by atoms with Gasteiger partial charge in [-0.3, -0.25) is 0 Å². The molecule has 1 aliphatic carbocycles. The number of anilines is 1. The summed E-state index contributed by atoms with van der Waals surface area (Å²) in [6.07, 6.45) is 8.18. The van der Waals surface area contributed by atoms with E-state index < -0.39 is 0 Å². The van der Waals surface area contributed by atoms with E-state index in [9.17, 15) is 4.39 Å². The normalized spacial score (nSPS) is 17.3. The number of benzene rings is 1. The largest absolute Gasteiger partial charge is 0.385 e. The molecule has 2 heteroatoms. The van der Waals surface area contributed by atoms with Gasteiger partial charge in [0, 0.05) is 12.2 Å². The molecule has 0 radical (unpaired) electrons. The molecule has 1 aromatic rings. The molecule has 2 rings (SSSR count). The molecule has 0 heterocycles. The summed E-state index contributed by atoms with van der Waals surface area (Å²) in [5, 5.41) is 3.29. The second kappa shape index (κ2) is 5.88. The number of hydrogen-bond acceptors (Lipinski definition) is 1. The minimum absolute atomic E-state index is 0.164. The first-order valence-corrected chi connectivity index (χ1v) is 6.34. The SMILES string of the molecule is Fc1cccc(NCCC2CCCCC2)c1. The Morgan fingerprint density at radius 1 is 1.19 bits per heavy atom. The molecule has 0 spiro atoms. The van der Waals surface area contributed by atoms with Crippen LogP contribution in [0, 0.1) is 11.7 Å². The standard InChI is InChI=1S/C14H20FN/c15-13-7-4-8-14(11-13)16-10-9-12-5-2-1-3-6-12/h4,7-8,11-12,16H,1-3,5-6,9-10H2. The van der Waals surface area contributed by atoms with Crippen LogP contribution in [-0.4, -0.2) is 6.54 Å². The van der Waals surface area contributed by atoms with Gasteiger partial charge >= 0.3 is 0 Å². The average molecular weight is 221 g/mol. The molecule has 0 unspecified atom stereocenters. The number of hydrogen-bond donors (Lipinski definition) is 1. The molecule has 1 fully saturated rings. The summed E-state index contributed by atoms with van der Waals surface area (Å²) in [5.41, 5.74) is 0.899. The third-order valence-corrected chi connectivity index (χ3v) is 3.43. The second-order valence-electron chi connectivity index (χ2n) is 4.73. The molecular formula is C14H20FN. The molecule has 0 saturated heterocycles. The van der Waals surface area contributed by atoms with Crippen LogP contribution in [0.15, 0.2) is 24.3 Å². The molecule has 88 valence electrons. The minimum Gasteiger partial charge on any atom is -0.385 e. The van der Waals surface area contributed by atoms with Crippen LogP contribution in [0.4, 0.5) is 10.1 Å². The minimum atomic E-state index is -0.164. The fraction of sp³-hybridized carbons (Fsp3) is 0.571. The predicted molar refractivity (Wildman–Crippen MR) is 66.1 cm³/mol. The molecule has 1 aliphatic rings. The van der Waals surface area contributed by atoms with E-state index in [4.69, 9.17) is 0 Å². The van der Waals surface area contributed by atoms with Crippen molar-refractivity contribution in [1.82, 2.24) is 0 Å². The smallest absolute Gasteiger partial charge is 0.125 e. The fourth-order valence-corrected chi connectivity index (χ4v) is 2.49. The predicted octanol–water partition coefficient (Wildman–Crippen LogP) is 4.21. The van der Waals surface area contributed by atoms with Crippen LogP contribution in [0.3, 0.4) is 0 Å². The lowest BCUT2D eigenvalue weighted by atomic mass is 9.87.